The second-order valence-electron chi connectivity index (χ2n) is 4.21. The van der Waals surface area contributed by atoms with Crippen molar-refractivity contribution in [3.63, 3.8) is 0 Å². The zero-order chi connectivity index (χ0) is 11.5. The van der Waals surface area contributed by atoms with E-state index in [1.807, 2.05) is 18.2 Å². The Hall–Kier alpha value is -0.770. The number of hydrogen-bond donors (Lipinski definition) is 2. The highest BCUT2D eigenvalue weighted by molar-refractivity contribution is 6.30. The van der Waals surface area contributed by atoms with Gasteiger partial charge in [-0.05, 0) is 36.6 Å². The summed E-state index contributed by atoms with van der Waals surface area (Å²) < 4.78 is 0. The lowest BCUT2D eigenvalue weighted by molar-refractivity contribution is 0.187. The number of β-amino-alcohol motifs (C(OH)–C–C–N with tert-alkyl or cyclic N) is 1. The molecule has 3 N–H and O–H groups in total. The molecule has 0 spiro atoms. The molecule has 1 atom stereocenters. The van der Waals surface area contributed by atoms with Gasteiger partial charge in [-0.2, -0.15) is 0 Å². The van der Waals surface area contributed by atoms with Crippen molar-refractivity contribution < 1.29 is 5.11 Å². The maximum atomic E-state index is 9.60. The summed E-state index contributed by atoms with van der Waals surface area (Å²) >= 11 is 5.97. The molecule has 1 heterocycles. The number of rotatable bonds is 3. The van der Waals surface area contributed by atoms with E-state index in [4.69, 9.17) is 17.3 Å². The summed E-state index contributed by atoms with van der Waals surface area (Å²) in [5.41, 5.74) is 7.89. The number of nitrogens with two attached hydrogens (primary N) is 1. The van der Waals surface area contributed by atoms with Crippen molar-refractivity contribution in [1.29, 1.82) is 0 Å². The molecule has 0 saturated heterocycles. The van der Waals surface area contributed by atoms with E-state index in [9.17, 15) is 5.11 Å². The van der Waals surface area contributed by atoms with Crippen LogP contribution in [0.2, 0.25) is 5.02 Å². The summed E-state index contributed by atoms with van der Waals surface area (Å²) in [6.45, 7) is 1.89. The van der Waals surface area contributed by atoms with Crippen molar-refractivity contribution in [2.45, 2.75) is 18.9 Å². The number of aliphatic hydroxyl groups is 1. The molecule has 2 rings (SSSR count). The summed E-state index contributed by atoms with van der Waals surface area (Å²) in [5, 5.41) is 10.4. The molecular formula is C12H17ClN2O. The number of aryl methyl sites for hydroxylation is 1. The minimum absolute atomic E-state index is 0.305. The Labute approximate surface area is 101 Å². The molecule has 0 aliphatic carbocycles. The van der Waals surface area contributed by atoms with Crippen LogP contribution in [0.1, 0.15) is 12.0 Å². The fraction of sp³-hybridized carbons (Fsp3) is 0.500. The quantitative estimate of drug-likeness (QED) is 0.840. The van der Waals surface area contributed by atoms with Crippen LogP contribution in [0.15, 0.2) is 18.2 Å². The highest BCUT2D eigenvalue weighted by Crippen LogP contribution is 2.29. The predicted octanol–water partition coefficient (Wildman–Crippen LogP) is 1.41. The molecule has 0 saturated carbocycles. The van der Waals surface area contributed by atoms with E-state index in [2.05, 4.69) is 4.90 Å². The number of hydrogen-bond acceptors (Lipinski definition) is 3. The maximum Gasteiger partial charge on any atom is 0.0836 e. The van der Waals surface area contributed by atoms with Crippen LogP contribution in [0.3, 0.4) is 0 Å². The van der Waals surface area contributed by atoms with Crippen LogP contribution in [0, 0.1) is 0 Å². The molecule has 0 bridgehead atoms. The van der Waals surface area contributed by atoms with Gasteiger partial charge in [0.1, 0.15) is 0 Å². The molecule has 1 unspecified atom stereocenters. The van der Waals surface area contributed by atoms with Crippen molar-refractivity contribution >= 4 is 17.3 Å². The smallest absolute Gasteiger partial charge is 0.0836 e. The predicted molar refractivity (Wildman–Crippen MR) is 67.0 cm³/mol. The first-order valence-electron chi connectivity index (χ1n) is 5.62. The first-order valence-corrected chi connectivity index (χ1v) is 6.00. The van der Waals surface area contributed by atoms with Gasteiger partial charge in [-0.25, -0.2) is 0 Å². The van der Waals surface area contributed by atoms with Crippen LogP contribution < -0.4 is 10.6 Å². The van der Waals surface area contributed by atoms with Gasteiger partial charge in [0.05, 0.1) is 6.10 Å². The maximum absolute atomic E-state index is 9.60. The van der Waals surface area contributed by atoms with E-state index in [-0.39, 0.29) is 0 Å². The lowest BCUT2D eigenvalue weighted by Gasteiger charge is -2.32. The molecule has 1 aliphatic rings. The summed E-state index contributed by atoms with van der Waals surface area (Å²) in [4.78, 5) is 2.19. The van der Waals surface area contributed by atoms with Crippen LogP contribution in [0.25, 0.3) is 0 Å². The Kier molecular flexibility index (Phi) is 3.69. The van der Waals surface area contributed by atoms with Crippen LogP contribution in [-0.2, 0) is 6.42 Å². The molecule has 4 heteroatoms. The lowest BCUT2D eigenvalue weighted by Crippen LogP contribution is -2.39. The first-order chi connectivity index (χ1) is 7.70. The second kappa shape index (κ2) is 5.04. The summed E-state index contributed by atoms with van der Waals surface area (Å²) in [6.07, 6.45) is 1.71. The molecule has 1 aromatic carbocycles. The number of fused-ring (bicyclic) bond motifs is 1. The summed E-state index contributed by atoms with van der Waals surface area (Å²) in [6, 6.07) is 5.94. The fourth-order valence-electron chi connectivity index (χ4n) is 2.16. The molecule has 88 valence electrons. The Morgan fingerprint density at radius 3 is 3.06 bits per heavy atom. The topological polar surface area (TPSA) is 49.5 Å². The van der Waals surface area contributed by atoms with Gasteiger partial charge in [0.2, 0.25) is 0 Å². The van der Waals surface area contributed by atoms with Gasteiger partial charge in [-0.1, -0.05) is 11.6 Å². The zero-order valence-corrected chi connectivity index (χ0v) is 9.95. The molecule has 1 aliphatic heterocycles. The average molecular weight is 241 g/mol. The van der Waals surface area contributed by atoms with Crippen molar-refractivity contribution in [2.75, 3.05) is 24.5 Å². The van der Waals surface area contributed by atoms with Crippen LogP contribution in [0.4, 0.5) is 5.69 Å². The molecule has 3 nitrogen and oxygen atoms in total. The van der Waals surface area contributed by atoms with Crippen molar-refractivity contribution in [2.24, 2.45) is 5.73 Å². The van der Waals surface area contributed by atoms with Gasteiger partial charge in [0, 0.05) is 30.3 Å². The lowest BCUT2D eigenvalue weighted by atomic mass is 10.0. The summed E-state index contributed by atoms with van der Waals surface area (Å²) in [5.74, 6) is 0. The molecule has 0 fully saturated rings. The van der Waals surface area contributed by atoms with Crippen LogP contribution in [0.5, 0.6) is 0 Å². The van der Waals surface area contributed by atoms with Gasteiger partial charge in [0.25, 0.3) is 0 Å². The van der Waals surface area contributed by atoms with Gasteiger partial charge in [-0.15, -0.1) is 0 Å². The van der Waals surface area contributed by atoms with Gasteiger partial charge >= 0.3 is 0 Å². The van der Waals surface area contributed by atoms with E-state index in [1.165, 1.54) is 11.3 Å². The third-order valence-electron chi connectivity index (χ3n) is 2.96. The van der Waals surface area contributed by atoms with Crippen molar-refractivity contribution in [3.8, 4) is 0 Å². The van der Waals surface area contributed by atoms with E-state index in [1.54, 1.807) is 0 Å². The minimum atomic E-state index is -0.457. The third kappa shape index (κ3) is 2.48. The van der Waals surface area contributed by atoms with E-state index >= 15 is 0 Å². The third-order valence-corrected chi connectivity index (χ3v) is 3.19. The molecule has 16 heavy (non-hydrogen) atoms. The highest BCUT2D eigenvalue weighted by Gasteiger charge is 2.18. The Morgan fingerprint density at radius 2 is 2.31 bits per heavy atom. The number of benzene rings is 1. The minimum Gasteiger partial charge on any atom is -0.390 e. The van der Waals surface area contributed by atoms with E-state index in [0.29, 0.717) is 13.1 Å². The normalized spacial score (nSPS) is 17.1. The molecule has 0 radical (unpaired) electrons. The van der Waals surface area contributed by atoms with Crippen LogP contribution in [-0.4, -0.2) is 30.8 Å². The first kappa shape index (κ1) is 11.7. The molecule has 0 amide bonds. The SMILES string of the molecule is NCC(O)CN1CCCc2cc(Cl)ccc21. The second-order valence-corrected chi connectivity index (χ2v) is 4.65. The van der Waals surface area contributed by atoms with E-state index < -0.39 is 6.10 Å². The monoisotopic (exact) mass is 240 g/mol. The van der Waals surface area contributed by atoms with Gasteiger partial charge in [-0.3, -0.25) is 0 Å². The molecule has 1 aromatic rings. The molecular weight excluding hydrogens is 224 g/mol. The fourth-order valence-corrected chi connectivity index (χ4v) is 2.36. The van der Waals surface area contributed by atoms with Gasteiger partial charge < -0.3 is 15.7 Å². The Morgan fingerprint density at radius 1 is 1.50 bits per heavy atom. The van der Waals surface area contributed by atoms with Crippen molar-refractivity contribution in [3.05, 3.63) is 28.8 Å². The largest absolute Gasteiger partial charge is 0.390 e. The Bertz CT molecular complexity index is 370. The number of nitrogens with zero attached hydrogens (tertiary/aromatic N) is 1. The van der Waals surface area contributed by atoms with Gasteiger partial charge in [0.15, 0.2) is 0 Å². The number of halogens is 1. The number of anilines is 1. The standard InChI is InChI=1S/C12H17ClN2O/c13-10-3-4-12-9(6-10)2-1-5-15(12)8-11(16)7-14/h3-4,6,11,16H,1-2,5,7-8,14H2. The zero-order valence-electron chi connectivity index (χ0n) is 9.19. The van der Waals surface area contributed by atoms with Crippen LogP contribution >= 0.6 is 11.6 Å². The molecule has 0 aromatic heterocycles. The number of aliphatic hydroxyl groups excluding tert-OH is 1. The summed E-state index contributed by atoms with van der Waals surface area (Å²) in [7, 11) is 0. The average Bonchev–Trinajstić information content (AvgIpc) is 2.28. The van der Waals surface area contributed by atoms with E-state index in [0.717, 1.165) is 24.4 Å². The highest BCUT2D eigenvalue weighted by atomic mass is 35.5. The Balaban J connectivity index is 2.19. The van der Waals surface area contributed by atoms with Crippen molar-refractivity contribution in [1.82, 2.24) is 0 Å².